The zero-order valence-corrected chi connectivity index (χ0v) is 14.0. The Labute approximate surface area is 140 Å². The van der Waals surface area contributed by atoms with Crippen LogP contribution in [0.1, 0.15) is 23.5 Å². The minimum absolute atomic E-state index is 0.563. The van der Waals surface area contributed by atoms with Crippen LogP contribution in [0.5, 0.6) is 0 Å². The summed E-state index contributed by atoms with van der Waals surface area (Å²) in [4.78, 5) is 11.6. The third kappa shape index (κ3) is 2.86. The minimum Gasteiger partial charge on any atom is -0.347 e. The molecule has 0 aliphatic carbocycles. The topological polar surface area (TPSA) is 29.0 Å². The molecule has 0 N–H and O–H groups in total. The Morgan fingerprint density at radius 1 is 1.17 bits per heavy atom. The van der Waals surface area contributed by atoms with Gasteiger partial charge in [0.2, 0.25) is 0 Å². The lowest BCUT2D eigenvalue weighted by molar-refractivity contribution is 0.763. The minimum atomic E-state index is 0.563. The molecule has 3 aromatic rings. The van der Waals surface area contributed by atoms with Crippen LogP contribution < -0.4 is 4.90 Å². The third-order valence-electron chi connectivity index (χ3n) is 4.54. The van der Waals surface area contributed by atoms with E-state index in [1.165, 1.54) is 23.1 Å². The molecule has 4 heteroatoms. The fourth-order valence-corrected chi connectivity index (χ4v) is 4.11. The molecule has 1 aliphatic heterocycles. The fraction of sp³-hybridized carbons (Fsp3) is 0.263. The normalized spacial score (nSPS) is 17.6. The van der Waals surface area contributed by atoms with Gasteiger partial charge in [-0.3, -0.25) is 4.98 Å². The summed E-state index contributed by atoms with van der Waals surface area (Å²) < 4.78 is 0. The van der Waals surface area contributed by atoms with E-state index in [9.17, 15) is 0 Å². The van der Waals surface area contributed by atoms with Gasteiger partial charge in [0, 0.05) is 42.3 Å². The summed E-state index contributed by atoms with van der Waals surface area (Å²) in [7, 11) is 0. The van der Waals surface area contributed by atoms with E-state index >= 15 is 0 Å². The average molecular weight is 321 g/mol. The smallest absolute Gasteiger partial charge is 0.185 e. The molecule has 2 aromatic heterocycles. The maximum Gasteiger partial charge on any atom is 0.185 e. The van der Waals surface area contributed by atoms with Gasteiger partial charge in [0.05, 0.1) is 5.69 Å². The maximum absolute atomic E-state index is 4.84. The number of hydrogen-bond donors (Lipinski definition) is 0. The Hall–Kier alpha value is -2.20. The van der Waals surface area contributed by atoms with E-state index in [0.717, 1.165) is 23.9 Å². The molecule has 1 unspecified atom stereocenters. The molecule has 0 saturated carbocycles. The molecule has 0 radical (unpaired) electrons. The van der Waals surface area contributed by atoms with Gasteiger partial charge in [0.25, 0.3) is 0 Å². The van der Waals surface area contributed by atoms with E-state index in [1.54, 1.807) is 11.3 Å². The Morgan fingerprint density at radius 3 is 2.87 bits per heavy atom. The Kier molecular flexibility index (Phi) is 3.83. The number of nitrogens with zero attached hydrogens (tertiary/aromatic N) is 3. The van der Waals surface area contributed by atoms with Crippen molar-refractivity contribution in [3.05, 3.63) is 65.3 Å². The van der Waals surface area contributed by atoms with Crippen LogP contribution in [0.3, 0.4) is 0 Å². The van der Waals surface area contributed by atoms with E-state index in [-0.39, 0.29) is 0 Å². The molecule has 3 nitrogen and oxygen atoms in total. The van der Waals surface area contributed by atoms with Gasteiger partial charge in [0.15, 0.2) is 5.13 Å². The average Bonchev–Trinajstić information content (AvgIpc) is 3.25. The summed E-state index contributed by atoms with van der Waals surface area (Å²) in [5, 5.41) is 3.29. The van der Waals surface area contributed by atoms with Gasteiger partial charge in [-0.2, -0.15) is 0 Å². The quantitative estimate of drug-likeness (QED) is 0.711. The molecule has 1 fully saturated rings. The van der Waals surface area contributed by atoms with Crippen LogP contribution in [0.15, 0.2) is 54.2 Å². The number of hydrogen-bond acceptors (Lipinski definition) is 4. The van der Waals surface area contributed by atoms with Gasteiger partial charge in [-0.15, -0.1) is 11.3 Å². The summed E-state index contributed by atoms with van der Waals surface area (Å²) in [6.45, 7) is 4.28. The molecule has 1 atom stereocenters. The first-order valence-electron chi connectivity index (χ1n) is 7.97. The molecular formula is C19H19N3S. The molecule has 1 saturated heterocycles. The SMILES string of the molecule is Cc1ccncc1C1CCN(c2nc(-c3ccccc3)cs2)C1. The molecule has 3 heterocycles. The van der Waals surface area contributed by atoms with Gasteiger partial charge in [-0.05, 0) is 30.5 Å². The van der Waals surface area contributed by atoms with Gasteiger partial charge >= 0.3 is 0 Å². The van der Waals surface area contributed by atoms with Crippen molar-refractivity contribution in [3.8, 4) is 11.3 Å². The zero-order chi connectivity index (χ0) is 15.6. The lowest BCUT2D eigenvalue weighted by Gasteiger charge is -2.16. The first-order chi connectivity index (χ1) is 11.3. The number of aryl methyl sites for hydroxylation is 1. The van der Waals surface area contributed by atoms with Crippen LogP contribution in [0.25, 0.3) is 11.3 Å². The second kappa shape index (κ2) is 6.13. The summed E-state index contributed by atoms with van der Waals surface area (Å²) in [6, 6.07) is 12.5. The number of benzene rings is 1. The molecule has 23 heavy (non-hydrogen) atoms. The molecule has 1 aromatic carbocycles. The van der Waals surface area contributed by atoms with Crippen molar-refractivity contribution in [2.75, 3.05) is 18.0 Å². The van der Waals surface area contributed by atoms with Gasteiger partial charge in [-0.25, -0.2) is 4.98 Å². The van der Waals surface area contributed by atoms with Crippen molar-refractivity contribution in [3.63, 3.8) is 0 Å². The van der Waals surface area contributed by atoms with Crippen molar-refractivity contribution < 1.29 is 0 Å². The Balaban J connectivity index is 1.52. The van der Waals surface area contributed by atoms with Gasteiger partial charge in [0.1, 0.15) is 0 Å². The van der Waals surface area contributed by atoms with Crippen LogP contribution in [-0.4, -0.2) is 23.1 Å². The summed E-state index contributed by atoms with van der Waals surface area (Å²) in [5.74, 6) is 0.563. The van der Waals surface area contributed by atoms with Crippen molar-refractivity contribution in [1.82, 2.24) is 9.97 Å². The summed E-state index contributed by atoms with van der Waals surface area (Å²) in [6.07, 6.45) is 5.08. The lowest BCUT2D eigenvalue weighted by Crippen LogP contribution is -2.19. The second-order valence-electron chi connectivity index (χ2n) is 6.05. The fourth-order valence-electron chi connectivity index (χ4n) is 3.24. The van der Waals surface area contributed by atoms with Crippen molar-refractivity contribution >= 4 is 16.5 Å². The number of anilines is 1. The predicted octanol–water partition coefficient (Wildman–Crippen LogP) is 4.51. The van der Waals surface area contributed by atoms with E-state index in [4.69, 9.17) is 4.98 Å². The molecule has 0 amide bonds. The van der Waals surface area contributed by atoms with Crippen LogP contribution in [0.2, 0.25) is 0 Å². The first-order valence-corrected chi connectivity index (χ1v) is 8.85. The Bertz CT molecular complexity index is 797. The van der Waals surface area contributed by atoms with Gasteiger partial charge < -0.3 is 4.90 Å². The number of aromatic nitrogens is 2. The molecule has 0 bridgehead atoms. The standard InChI is InChI=1S/C19H19N3S/c1-14-7-9-20-11-17(14)16-8-10-22(12-16)19-21-18(13-23-19)15-5-3-2-4-6-15/h2-7,9,11,13,16H,8,10,12H2,1H3. The van der Waals surface area contributed by atoms with Crippen LogP contribution >= 0.6 is 11.3 Å². The van der Waals surface area contributed by atoms with Crippen LogP contribution in [0.4, 0.5) is 5.13 Å². The number of thiazole rings is 1. The van der Waals surface area contributed by atoms with E-state index in [1.807, 2.05) is 18.5 Å². The van der Waals surface area contributed by atoms with E-state index < -0.39 is 0 Å². The van der Waals surface area contributed by atoms with Gasteiger partial charge in [-0.1, -0.05) is 30.3 Å². The highest BCUT2D eigenvalue weighted by Crippen LogP contribution is 2.34. The largest absolute Gasteiger partial charge is 0.347 e. The summed E-state index contributed by atoms with van der Waals surface area (Å²) >= 11 is 1.74. The lowest BCUT2D eigenvalue weighted by atomic mass is 9.96. The molecule has 4 rings (SSSR count). The molecule has 1 aliphatic rings. The summed E-state index contributed by atoms with van der Waals surface area (Å²) in [5.41, 5.74) is 4.99. The van der Waals surface area contributed by atoms with Crippen LogP contribution in [-0.2, 0) is 0 Å². The highest BCUT2D eigenvalue weighted by Gasteiger charge is 2.27. The van der Waals surface area contributed by atoms with E-state index in [2.05, 4.69) is 52.5 Å². The van der Waals surface area contributed by atoms with Crippen molar-refractivity contribution in [1.29, 1.82) is 0 Å². The third-order valence-corrected chi connectivity index (χ3v) is 5.44. The number of pyridine rings is 1. The Morgan fingerprint density at radius 2 is 2.04 bits per heavy atom. The van der Waals surface area contributed by atoms with Crippen molar-refractivity contribution in [2.24, 2.45) is 0 Å². The second-order valence-corrected chi connectivity index (χ2v) is 6.88. The monoisotopic (exact) mass is 321 g/mol. The van der Waals surface area contributed by atoms with E-state index in [0.29, 0.717) is 5.92 Å². The van der Waals surface area contributed by atoms with Crippen molar-refractivity contribution in [2.45, 2.75) is 19.3 Å². The highest BCUT2D eigenvalue weighted by molar-refractivity contribution is 7.14. The first kappa shape index (κ1) is 14.4. The highest BCUT2D eigenvalue weighted by atomic mass is 32.1. The number of rotatable bonds is 3. The molecule has 0 spiro atoms. The molecular weight excluding hydrogens is 302 g/mol. The predicted molar refractivity (Wildman–Crippen MR) is 96.1 cm³/mol. The van der Waals surface area contributed by atoms with Crippen LogP contribution in [0, 0.1) is 6.92 Å². The maximum atomic E-state index is 4.84. The zero-order valence-electron chi connectivity index (χ0n) is 13.1. The molecule has 116 valence electrons.